The van der Waals surface area contributed by atoms with Gasteiger partial charge < -0.3 is 15.6 Å². The molecule has 0 radical (unpaired) electrons. The van der Waals surface area contributed by atoms with Gasteiger partial charge in [0.25, 0.3) is 0 Å². The van der Waals surface area contributed by atoms with Crippen LogP contribution in [0.15, 0.2) is 60.3 Å². The molecule has 3 rings (SSSR count). The van der Waals surface area contributed by atoms with E-state index in [0.717, 1.165) is 24.8 Å². The highest BCUT2D eigenvalue weighted by Gasteiger charge is 2.16. The first kappa shape index (κ1) is 19.3. The van der Waals surface area contributed by atoms with E-state index in [-0.39, 0.29) is 11.5 Å². The molecule has 1 unspecified atom stereocenters. The Labute approximate surface area is 162 Å². The SMILES string of the molecule is C=CCCCC(CNC=O)Nc1ncnc2[nH]cc(-c3ccccc3)c(=O)c12. The smallest absolute Gasteiger partial charge is 0.207 e. The van der Waals surface area contributed by atoms with E-state index < -0.39 is 0 Å². The summed E-state index contributed by atoms with van der Waals surface area (Å²) in [4.78, 5) is 35.5. The lowest BCUT2D eigenvalue weighted by Crippen LogP contribution is -2.33. The second-order valence-corrected chi connectivity index (χ2v) is 6.43. The molecule has 0 aliphatic carbocycles. The molecule has 0 aliphatic rings. The molecule has 0 bridgehead atoms. The fourth-order valence-corrected chi connectivity index (χ4v) is 3.11. The minimum atomic E-state index is -0.142. The number of rotatable bonds is 10. The van der Waals surface area contributed by atoms with Gasteiger partial charge in [0.2, 0.25) is 11.8 Å². The van der Waals surface area contributed by atoms with Gasteiger partial charge in [0.1, 0.15) is 23.2 Å². The van der Waals surface area contributed by atoms with Gasteiger partial charge in [-0.2, -0.15) is 0 Å². The molecule has 7 heteroatoms. The highest BCUT2D eigenvalue weighted by Crippen LogP contribution is 2.21. The summed E-state index contributed by atoms with van der Waals surface area (Å²) < 4.78 is 0. The molecule has 1 aromatic carbocycles. The number of aromatic amines is 1. The Morgan fingerprint density at radius 2 is 2.04 bits per heavy atom. The van der Waals surface area contributed by atoms with Gasteiger partial charge in [-0.3, -0.25) is 9.59 Å². The molecule has 2 aromatic heterocycles. The summed E-state index contributed by atoms with van der Waals surface area (Å²) in [6, 6.07) is 9.39. The van der Waals surface area contributed by atoms with Crippen LogP contribution < -0.4 is 16.1 Å². The molecule has 144 valence electrons. The molecule has 28 heavy (non-hydrogen) atoms. The first-order valence-electron chi connectivity index (χ1n) is 9.21. The second-order valence-electron chi connectivity index (χ2n) is 6.43. The molecule has 0 saturated carbocycles. The highest BCUT2D eigenvalue weighted by molar-refractivity contribution is 5.89. The first-order chi connectivity index (χ1) is 13.7. The number of allylic oxidation sites excluding steroid dienone is 1. The number of carbonyl (C=O) groups excluding carboxylic acids is 1. The third-order valence-electron chi connectivity index (χ3n) is 4.51. The van der Waals surface area contributed by atoms with E-state index in [2.05, 4.69) is 32.2 Å². The van der Waals surface area contributed by atoms with Crippen LogP contribution in [0.4, 0.5) is 5.82 Å². The normalized spacial score (nSPS) is 11.7. The number of hydrogen-bond donors (Lipinski definition) is 3. The van der Waals surface area contributed by atoms with Crippen molar-refractivity contribution >= 4 is 23.3 Å². The number of nitrogens with zero attached hydrogens (tertiary/aromatic N) is 2. The molecule has 1 atom stereocenters. The number of aromatic nitrogens is 3. The average molecular weight is 377 g/mol. The van der Waals surface area contributed by atoms with Crippen molar-refractivity contribution in [2.24, 2.45) is 0 Å². The topological polar surface area (TPSA) is 99.8 Å². The van der Waals surface area contributed by atoms with Crippen molar-refractivity contribution in [3.8, 4) is 11.1 Å². The van der Waals surface area contributed by atoms with Crippen LogP contribution in [0.3, 0.4) is 0 Å². The summed E-state index contributed by atoms with van der Waals surface area (Å²) in [5, 5.41) is 6.41. The summed E-state index contributed by atoms with van der Waals surface area (Å²) in [6.07, 6.45) is 8.21. The summed E-state index contributed by atoms with van der Waals surface area (Å²) >= 11 is 0. The number of H-pyrrole nitrogens is 1. The number of benzene rings is 1. The minimum absolute atomic E-state index is 0.0666. The summed E-state index contributed by atoms with van der Waals surface area (Å²) in [5.41, 5.74) is 1.71. The van der Waals surface area contributed by atoms with E-state index in [9.17, 15) is 9.59 Å². The van der Waals surface area contributed by atoms with Crippen LogP contribution in [-0.4, -0.2) is 33.9 Å². The Balaban J connectivity index is 1.98. The number of carbonyl (C=O) groups is 1. The van der Waals surface area contributed by atoms with Gasteiger partial charge >= 0.3 is 0 Å². The molecule has 0 aliphatic heterocycles. The fraction of sp³-hybridized carbons (Fsp3) is 0.238. The number of hydrogen-bond acceptors (Lipinski definition) is 5. The number of unbranched alkanes of at least 4 members (excludes halogenated alkanes) is 1. The molecule has 3 N–H and O–H groups in total. The van der Waals surface area contributed by atoms with Crippen molar-refractivity contribution in [3.05, 3.63) is 65.7 Å². The second kappa shape index (κ2) is 9.45. The standard InChI is InChI=1S/C21H23N5O2/c1-2-3-5-10-16(11-22-14-27)26-21-18-19(28)17(15-8-6-4-7-9-15)12-23-20(18)24-13-25-21/h2,4,6-9,12-14,16H,1,3,5,10-11H2,(H,22,27)(H2,23,24,25,26,28). The zero-order chi connectivity index (χ0) is 19.8. The van der Waals surface area contributed by atoms with Crippen molar-refractivity contribution in [1.82, 2.24) is 20.3 Å². The third-order valence-corrected chi connectivity index (χ3v) is 4.51. The molecule has 0 fully saturated rings. The number of nitrogens with one attached hydrogen (secondary N) is 3. The van der Waals surface area contributed by atoms with Crippen LogP contribution in [0.1, 0.15) is 19.3 Å². The Morgan fingerprint density at radius 1 is 1.21 bits per heavy atom. The van der Waals surface area contributed by atoms with Gasteiger partial charge in [0, 0.05) is 24.3 Å². The Morgan fingerprint density at radius 3 is 2.79 bits per heavy atom. The van der Waals surface area contributed by atoms with Gasteiger partial charge in [-0.1, -0.05) is 36.4 Å². The average Bonchev–Trinajstić information content (AvgIpc) is 2.73. The molecule has 2 heterocycles. The van der Waals surface area contributed by atoms with E-state index in [4.69, 9.17) is 0 Å². The van der Waals surface area contributed by atoms with Gasteiger partial charge in [0.15, 0.2) is 0 Å². The maximum Gasteiger partial charge on any atom is 0.207 e. The zero-order valence-corrected chi connectivity index (χ0v) is 15.5. The Bertz CT molecular complexity index is 1000. The van der Waals surface area contributed by atoms with Crippen LogP contribution in [0.25, 0.3) is 22.2 Å². The third kappa shape index (κ3) is 4.43. The van der Waals surface area contributed by atoms with Crippen LogP contribution in [-0.2, 0) is 4.79 Å². The van der Waals surface area contributed by atoms with Crippen molar-refractivity contribution in [2.45, 2.75) is 25.3 Å². The number of fused-ring (bicyclic) bond motifs is 1. The van der Waals surface area contributed by atoms with Crippen LogP contribution in [0, 0.1) is 0 Å². The van der Waals surface area contributed by atoms with Crippen molar-refractivity contribution in [3.63, 3.8) is 0 Å². The maximum absolute atomic E-state index is 13.2. The van der Waals surface area contributed by atoms with Gasteiger partial charge in [0.05, 0.1) is 0 Å². The van der Waals surface area contributed by atoms with Crippen molar-refractivity contribution in [2.75, 3.05) is 11.9 Å². The van der Waals surface area contributed by atoms with E-state index in [1.165, 1.54) is 6.33 Å². The number of amides is 1. The fourth-order valence-electron chi connectivity index (χ4n) is 3.11. The van der Waals surface area contributed by atoms with Gasteiger partial charge in [-0.25, -0.2) is 9.97 Å². The summed E-state index contributed by atoms with van der Waals surface area (Å²) in [7, 11) is 0. The molecule has 0 saturated heterocycles. The maximum atomic E-state index is 13.2. The van der Waals surface area contributed by atoms with Crippen LogP contribution in [0.5, 0.6) is 0 Å². The molecule has 1 amide bonds. The zero-order valence-electron chi connectivity index (χ0n) is 15.5. The van der Waals surface area contributed by atoms with E-state index >= 15 is 0 Å². The summed E-state index contributed by atoms with van der Waals surface area (Å²) in [5.74, 6) is 0.459. The predicted molar refractivity (Wildman–Crippen MR) is 111 cm³/mol. The van der Waals surface area contributed by atoms with Crippen molar-refractivity contribution < 1.29 is 4.79 Å². The largest absolute Gasteiger partial charge is 0.365 e. The predicted octanol–water partition coefficient (Wildman–Crippen LogP) is 2.87. The lowest BCUT2D eigenvalue weighted by atomic mass is 10.1. The molecular formula is C21H23N5O2. The monoisotopic (exact) mass is 377 g/mol. The molecular weight excluding hydrogens is 354 g/mol. The lowest BCUT2D eigenvalue weighted by molar-refractivity contribution is -0.109. The van der Waals surface area contributed by atoms with Gasteiger partial charge in [-0.05, 0) is 24.8 Å². The van der Waals surface area contributed by atoms with E-state index in [1.54, 1.807) is 6.20 Å². The molecule has 0 spiro atoms. The Hall–Kier alpha value is -3.48. The lowest BCUT2D eigenvalue weighted by Gasteiger charge is -2.19. The van der Waals surface area contributed by atoms with Gasteiger partial charge in [-0.15, -0.1) is 6.58 Å². The molecule has 3 aromatic rings. The quantitative estimate of drug-likeness (QED) is 0.287. The Kier molecular flexibility index (Phi) is 6.51. The number of pyridine rings is 1. The van der Waals surface area contributed by atoms with Crippen LogP contribution >= 0.6 is 0 Å². The van der Waals surface area contributed by atoms with E-state index in [0.29, 0.717) is 35.4 Å². The summed E-state index contributed by atoms with van der Waals surface area (Å²) in [6.45, 7) is 4.17. The minimum Gasteiger partial charge on any atom is -0.365 e. The first-order valence-corrected chi connectivity index (χ1v) is 9.21. The van der Waals surface area contributed by atoms with E-state index in [1.807, 2.05) is 36.4 Å². The van der Waals surface area contributed by atoms with Crippen LogP contribution in [0.2, 0.25) is 0 Å². The van der Waals surface area contributed by atoms with Crippen molar-refractivity contribution in [1.29, 1.82) is 0 Å². The number of anilines is 1. The highest BCUT2D eigenvalue weighted by atomic mass is 16.1. The molecule has 7 nitrogen and oxygen atoms in total.